The van der Waals surface area contributed by atoms with Crippen molar-refractivity contribution in [2.45, 2.75) is 109 Å². The van der Waals surface area contributed by atoms with Crippen molar-refractivity contribution >= 4 is 30.0 Å². The monoisotopic (exact) mass is 875 g/mol. The Morgan fingerprint density at radius 2 is 1.54 bits per heavy atom. The molecule has 16 heteroatoms. The lowest BCUT2D eigenvalue weighted by molar-refractivity contribution is -0.141. The van der Waals surface area contributed by atoms with Crippen LogP contribution in [0.15, 0.2) is 36.4 Å². The lowest BCUT2D eigenvalue weighted by Gasteiger charge is -2.65. The summed E-state index contributed by atoms with van der Waals surface area (Å²) >= 11 is 0. The molecule has 4 bridgehead atoms. The Balaban J connectivity index is 0.811. The molecule has 2 saturated heterocycles. The molecule has 2 heterocycles. The van der Waals surface area contributed by atoms with Crippen LogP contribution in [0.25, 0.3) is 0 Å². The molecule has 4 amide bonds. The molecule has 0 aromatic heterocycles. The number of nitrogens with one attached hydrogen (secondary N) is 3. The van der Waals surface area contributed by atoms with Gasteiger partial charge in [0, 0.05) is 37.0 Å². The summed E-state index contributed by atoms with van der Waals surface area (Å²) in [6.45, 7) is 5.94. The lowest BCUT2D eigenvalue weighted by atomic mass is 9.43. The number of cyclic esters (lactones) is 1. The SMILES string of the molecule is COc1ccc(C[C@H]2COC(=O)[C@@H]2Cc2ccc(OC(=O)N[C@H]3CCCN(C(=O)[C@@H](N)CCC(=O)NCCOC(=O)NC45CC6CC(C)(CC(C)(C6)C4)C5)C3)c(OC)c2)cc1OC. The molecule has 0 radical (unpaired) electrons. The van der Waals surface area contributed by atoms with Crippen LogP contribution in [0.3, 0.4) is 0 Å². The number of alkyl carbamates (subject to hydrolysis) is 1. The molecule has 8 rings (SSSR count). The molecule has 4 aliphatic carbocycles. The maximum Gasteiger partial charge on any atom is 0.413 e. The summed E-state index contributed by atoms with van der Waals surface area (Å²) in [4.78, 5) is 66.2. The molecule has 63 heavy (non-hydrogen) atoms. The molecular weight excluding hydrogens is 811 g/mol. The van der Waals surface area contributed by atoms with Gasteiger partial charge in [0.15, 0.2) is 23.0 Å². The average Bonchev–Trinajstić information content (AvgIpc) is 3.57. The van der Waals surface area contributed by atoms with Crippen molar-refractivity contribution in [3.05, 3.63) is 47.5 Å². The second-order valence-corrected chi connectivity index (χ2v) is 19.4. The van der Waals surface area contributed by atoms with Crippen LogP contribution >= 0.6 is 0 Å². The van der Waals surface area contributed by atoms with E-state index < -0.39 is 18.2 Å². The van der Waals surface area contributed by atoms with E-state index in [1.54, 1.807) is 37.3 Å². The van der Waals surface area contributed by atoms with Gasteiger partial charge in [0.25, 0.3) is 0 Å². The smallest absolute Gasteiger partial charge is 0.413 e. The van der Waals surface area contributed by atoms with Crippen molar-refractivity contribution in [3.63, 3.8) is 0 Å². The van der Waals surface area contributed by atoms with E-state index in [1.807, 2.05) is 18.2 Å². The van der Waals surface area contributed by atoms with Crippen LogP contribution in [-0.2, 0) is 36.7 Å². The van der Waals surface area contributed by atoms with Crippen molar-refractivity contribution in [1.29, 1.82) is 0 Å². The van der Waals surface area contributed by atoms with Gasteiger partial charge in [-0.1, -0.05) is 26.0 Å². The van der Waals surface area contributed by atoms with E-state index in [2.05, 4.69) is 29.8 Å². The van der Waals surface area contributed by atoms with Gasteiger partial charge in [-0.3, -0.25) is 14.4 Å². The van der Waals surface area contributed by atoms with Gasteiger partial charge in [-0.15, -0.1) is 0 Å². The number of ether oxygens (including phenoxy) is 6. The number of benzene rings is 2. The van der Waals surface area contributed by atoms with Gasteiger partial charge in [-0.2, -0.15) is 0 Å². The van der Waals surface area contributed by atoms with Crippen molar-refractivity contribution < 1.29 is 52.4 Å². The molecular formula is C47H65N5O11. The third-order valence-electron chi connectivity index (χ3n) is 13.8. The fraction of sp³-hybridized carbons (Fsp3) is 0.638. The van der Waals surface area contributed by atoms with E-state index in [0.717, 1.165) is 30.4 Å². The van der Waals surface area contributed by atoms with Crippen LogP contribution in [0.1, 0.15) is 89.2 Å². The largest absolute Gasteiger partial charge is 0.493 e. The summed E-state index contributed by atoms with van der Waals surface area (Å²) < 4.78 is 33.0. The Labute approximate surface area is 369 Å². The lowest BCUT2D eigenvalue weighted by Crippen LogP contribution is -2.65. The number of carbonyl (C=O) groups excluding carboxylic acids is 5. The van der Waals surface area contributed by atoms with Crippen LogP contribution in [0.2, 0.25) is 0 Å². The third kappa shape index (κ3) is 11.1. The number of nitrogens with zero attached hydrogens (tertiary/aromatic N) is 1. The zero-order valence-electron chi connectivity index (χ0n) is 37.4. The number of likely N-dealkylation sites (tertiary alicyclic amines) is 1. The number of nitrogens with two attached hydrogens (primary N) is 1. The third-order valence-corrected chi connectivity index (χ3v) is 13.8. The highest BCUT2D eigenvalue weighted by molar-refractivity contribution is 5.83. The van der Waals surface area contributed by atoms with Crippen LogP contribution in [0, 0.1) is 28.6 Å². The first-order valence-corrected chi connectivity index (χ1v) is 22.4. The number of rotatable bonds is 17. The fourth-order valence-electron chi connectivity index (χ4n) is 12.0. The highest BCUT2D eigenvalue weighted by Gasteiger charge is 2.60. The maximum atomic E-state index is 13.3. The maximum absolute atomic E-state index is 13.3. The molecule has 344 valence electrons. The molecule has 2 aromatic rings. The minimum absolute atomic E-state index is 0.0356. The number of piperidine rings is 1. The molecule has 2 aromatic carbocycles. The van der Waals surface area contributed by atoms with Crippen molar-refractivity contribution in [1.82, 2.24) is 20.9 Å². The second kappa shape index (κ2) is 19.2. The molecule has 16 nitrogen and oxygen atoms in total. The molecule has 2 unspecified atom stereocenters. The summed E-state index contributed by atoms with van der Waals surface area (Å²) in [6, 6.07) is 9.61. The molecule has 5 N–H and O–H groups in total. The first-order valence-electron chi connectivity index (χ1n) is 22.4. The normalized spacial score (nSPS) is 28.7. The van der Waals surface area contributed by atoms with Crippen LogP contribution < -0.4 is 40.6 Å². The van der Waals surface area contributed by atoms with Gasteiger partial charge in [0.05, 0.1) is 46.4 Å². The van der Waals surface area contributed by atoms with Crippen molar-refractivity contribution in [3.8, 4) is 23.0 Å². The highest BCUT2D eigenvalue weighted by atomic mass is 16.6. The Hall–Kier alpha value is -5.25. The van der Waals surface area contributed by atoms with Gasteiger partial charge >= 0.3 is 18.2 Å². The highest BCUT2D eigenvalue weighted by Crippen LogP contribution is 2.66. The Morgan fingerprint density at radius 3 is 2.22 bits per heavy atom. The van der Waals surface area contributed by atoms with Crippen molar-refractivity contribution in [2.75, 3.05) is 54.2 Å². The molecule has 2 aliphatic heterocycles. The predicted molar refractivity (Wildman–Crippen MR) is 231 cm³/mol. The number of hydrogen-bond donors (Lipinski definition) is 4. The molecule has 4 saturated carbocycles. The van der Waals surface area contributed by atoms with E-state index in [0.29, 0.717) is 62.0 Å². The summed E-state index contributed by atoms with van der Waals surface area (Å²) in [5.41, 5.74) is 8.40. The Kier molecular flexibility index (Phi) is 14.0. The van der Waals surface area contributed by atoms with Crippen LogP contribution in [0.4, 0.5) is 9.59 Å². The summed E-state index contributed by atoms with van der Waals surface area (Å²) in [5.74, 6) is 1.13. The van der Waals surface area contributed by atoms with Crippen LogP contribution in [-0.4, -0.2) is 107 Å². The minimum Gasteiger partial charge on any atom is -0.493 e. The first kappa shape index (κ1) is 45.8. The molecule has 6 aliphatic rings. The Bertz CT molecular complexity index is 2010. The zero-order chi connectivity index (χ0) is 44.9. The molecule has 6 fully saturated rings. The molecule has 0 spiro atoms. The van der Waals surface area contributed by atoms with Gasteiger partial charge in [-0.05, 0) is 123 Å². The number of hydrogen-bond acceptors (Lipinski definition) is 12. The van der Waals surface area contributed by atoms with E-state index in [1.165, 1.54) is 26.4 Å². The Morgan fingerprint density at radius 1 is 0.873 bits per heavy atom. The number of carbonyl (C=O) groups is 5. The predicted octanol–water partition coefficient (Wildman–Crippen LogP) is 5.07. The number of amides is 4. The number of esters is 1. The molecule has 6 atom stereocenters. The van der Waals surface area contributed by atoms with Gasteiger partial charge < -0.3 is 55.0 Å². The topological polar surface area (TPSA) is 206 Å². The fourth-order valence-corrected chi connectivity index (χ4v) is 12.0. The van der Waals surface area contributed by atoms with Gasteiger partial charge in [0.1, 0.15) is 6.61 Å². The number of methoxy groups -OCH3 is 3. The average molecular weight is 876 g/mol. The van der Waals surface area contributed by atoms with Crippen molar-refractivity contribution in [2.24, 2.45) is 34.3 Å². The van der Waals surface area contributed by atoms with Crippen LogP contribution in [0.5, 0.6) is 23.0 Å². The minimum atomic E-state index is -0.900. The van der Waals surface area contributed by atoms with E-state index in [9.17, 15) is 24.0 Å². The summed E-state index contributed by atoms with van der Waals surface area (Å²) in [6.07, 6.45) is 8.00. The summed E-state index contributed by atoms with van der Waals surface area (Å²) in [7, 11) is 4.64. The zero-order valence-corrected chi connectivity index (χ0v) is 37.4. The van der Waals surface area contributed by atoms with E-state index in [-0.39, 0.29) is 90.3 Å². The van der Waals surface area contributed by atoms with Gasteiger partial charge in [-0.25, -0.2) is 9.59 Å². The standard InChI is InChI=1S/C47H65N5O11/c1-45-21-31-22-46(2,26-45)28-47(23-31,27-45)51-44(57)61-16-14-49-40(53)13-10-35(48)41(54)52-15-6-7-33(24-52)50-43(56)63-37-12-9-30(20-39(37)60-5)18-34-32(25-62-42(34)55)17-29-8-11-36(58-3)38(19-29)59-4/h8-9,11-12,19-20,31-35H,6-7,10,13-18,21-28,48H2,1-5H3,(H,49,53)(H,50,56)(H,51,57)/t31?,32-,33-,34+,35-,45?,46?,47?/m0/s1. The van der Waals surface area contributed by atoms with E-state index in [4.69, 9.17) is 34.2 Å². The summed E-state index contributed by atoms with van der Waals surface area (Å²) in [5, 5.41) is 8.83. The van der Waals surface area contributed by atoms with E-state index >= 15 is 0 Å². The first-order chi connectivity index (χ1) is 30.1. The quantitative estimate of drug-likeness (QED) is 0.122. The second-order valence-electron chi connectivity index (χ2n) is 19.4. The van der Waals surface area contributed by atoms with Gasteiger partial charge in [0.2, 0.25) is 11.8 Å².